The maximum Gasteiger partial charge on any atom is 0.422 e. The number of nitrogens with zero attached hydrogens (tertiary/aromatic N) is 5. The van der Waals surface area contributed by atoms with Crippen LogP contribution in [0.4, 0.5) is 13.2 Å². The minimum absolute atomic E-state index is 0.0619. The monoisotopic (exact) mass is 437 g/mol. The van der Waals surface area contributed by atoms with Crippen molar-refractivity contribution < 1.29 is 17.9 Å². The number of ether oxygens (including phenoxy) is 1. The van der Waals surface area contributed by atoms with Gasteiger partial charge in [0, 0.05) is 24.6 Å². The van der Waals surface area contributed by atoms with E-state index in [1.165, 1.54) is 31.1 Å². The lowest BCUT2D eigenvalue weighted by atomic mass is 10.2. The number of imidazole rings is 1. The molecule has 1 aromatic carbocycles. The first-order valence-electron chi connectivity index (χ1n) is 8.65. The fourth-order valence-corrected chi connectivity index (χ4v) is 3.68. The van der Waals surface area contributed by atoms with Crippen LogP contribution in [0, 0.1) is 17.9 Å². The van der Waals surface area contributed by atoms with Gasteiger partial charge in [-0.25, -0.2) is 9.99 Å². The van der Waals surface area contributed by atoms with Gasteiger partial charge in [0.25, 0.3) is 0 Å². The second-order valence-electron chi connectivity index (χ2n) is 6.24. The van der Waals surface area contributed by atoms with Crippen LogP contribution in [0.2, 0.25) is 0 Å². The second-order valence-corrected chi connectivity index (χ2v) is 7.18. The molecule has 8 nitrogen and oxygen atoms in total. The second kappa shape index (κ2) is 8.69. The molecule has 0 aliphatic heterocycles. The van der Waals surface area contributed by atoms with Crippen LogP contribution in [0.1, 0.15) is 11.3 Å². The third kappa shape index (κ3) is 4.70. The number of pyridine rings is 1. The van der Waals surface area contributed by atoms with Crippen molar-refractivity contribution in [2.75, 3.05) is 13.7 Å². The van der Waals surface area contributed by atoms with E-state index in [9.17, 15) is 13.2 Å². The molecule has 0 bridgehead atoms. The van der Waals surface area contributed by atoms with E-state index in [4.69, 9.17) is 15.7 Å². The molecule has 0 atom stereocenters. The molecular weight excluding hydrogens is 419 g/mol. The molecule has 2 heterocycles. The lowest BCUT2D eigenvalue weighted by molar-refractivity contribution is -0.153. The van der Waals surface area contributed by atoms with Crippen LogP contribution >= 0.6 is 11.8 Å². The lowest BCUT2D eigenvalue weighted by Crippen LogP contribution is -2.27. The van der Waals surface area contributed by atoms with E-state index < -0.39 is 12.8 Å². The molecule has 0 amide bonds. The average Bonchev–Trinajstić information content (AvgIpc) is 3.08. The van der Waals surface area contributed by atoms with E-state index in [1.807, 2.05) is 12.1 Å². The molecule has 0 aliphatic carbocycles. The van der Waals surface area contributed by atoms with Gasteiger partial charge in [0.05, 0.1) is 16.7 Å². The molecule has 0 saturated carbocycles. The van der Waals surface area contributed by atoms with Gasteiger partial charge in [-0.15, -0.1) is 0 Å². The highest BCUT2D eigenvalue weighted by molar-refractivity contribution is 7.98. The third-order valence-corrected chi connectivity index (χ3v) is 5.14. The summed E-state index contributed by atoms with van der Waals surface area (Å²) in [4.78, 5) is 8.78. The van der Waals surface area contributed by atoms with E-state index in [0.717, 1.165) is 5.01 Å². The SMILES string of the molecule is Cc1c(OCC(F)(F)F)ccnc1CSc1nc2ccccc2n1C(=N)N(C)N=N. The Hall–Kier alpha value is -3.15. The first-order valence-corrected chi connectivity index (χ1v) is 9.64. The molecule has 12 heteroatoms. The molecule has 3 aromatic rings. The van der Waals surface area contributed by atoms with E-state index in [2.05, 4.69) is 15.2 Å². The van der Waals surface area contributed by atoms with Crippen molar-refractivity contribution >= 4 is 28.8 Å². The molecule has 0 aliphatic rings. The highest BCUT2D eigenvalue weighted by atomic mass is 32.2. The molecule has 0 saturated heterocycles. The van der Waals surface area contributed by atoms with E-state index in [-0.39, 0.29) is 11.7 Å². The van der Waals surface area contributed by atoms with Gasteiger partial charge >= 0.3 is 6.18 Å². The zero-order valence-electron chi connectivity index (χ0n) is 16.1. The van der Waals surface area contributed by atoms with Crippen LogP contribution < -0.4 is 4.74 Å². The summed E-state index contributed by atoms with van der Waals surface area (Å²) >= 11 is 1.27. The van der Waals surface area contributed by atoms with Gasteiger partial charge in [-0.05, 0) is 25.1 Å². The molecule has 0 unspecified atom stereocenters. The Kier molecular flexibility index (Phi) is 6.25. The minimum atomic E-state index is -4.43. The summed E-state index contributed by atoms with van der Waals surface area (Å²) in [6, 6.07) is 8.63. The Morgan fingerprint density at radius 3 is 2.73 bits per heavy atom. The number of nitrogens with one attached hydrogen (secondary N) is 2. The molecule has 2 N–H and O–H groups in total. The highest BCUT2D eigenvalue weighted by Crippen LogP contribution is 2.30. The summed E-state index contributed by atoms with van der Waals surface area (Å²) in [5.41, 5.74) is 9.54. The largest absolute Gasteiger partial charge is 0.484 e. The Balaban J connectivity index is 1.87. The van der Waals surface area contributed by atoms with Crippen LogP contribution in [-0.2, 0) is 5.75 Å². The fraction of sp³-hybridized carbons (Fsp3) is 0.278. The molecular formula is C18H18F3N7OS. The number of benzene rings is 1. The predicted molar refractivity (Wildman–Crippen MR) is 106 cm³/mol. The number of alkyl halides is 3. The zero-order chi connectivity index (χ0) is 21.9. The summed E-state index contributed by atoms with van der Waals surface area (Å²) in [5.74, 6) is 0.355. The maximum absolute atomic E-state index is 12.5. The van der Waals surface area contributed by atoms with Crippen LogP contribution in [0.15, 0.2) is 46.9 Å². The average molecular weight is 437 g/mol. The summed E-state index contributed by atoms with van der Waals surface area (Å²) in [6.07, 6.45) is -3.03. The number of para-hydroxylation sites is 2. The normalized spacial score (nSPS) is 11.5. The quantitative estimate of drug-likeness (QED) is 0.192. The summed E-state index contributed by atoms with van der Waals surface area (Å²) in [6.45, 7) is 0.271. The first-order chi connectivity index (χ1) is 14.2. The van der Waals surface area contributed by atoms with Crippen molar-refractivity contribution in [1.29, 1.82) is 10.9 Å². The first kappa shape index (κ1) is 21.6. The Morgan fingerprint density at radius 1 is 1.30 bits per heavy atom. The van der Waals surface area contributed by atoms with Crippen LogP contribution in [0.3, 0.4) is 0 Å². The van der Waals surface area contributed by atoms with Gasteiger partial charge in [0.15, 0.2) is 11.8 Å². The standard InChI is InChI=1S/C18H18F3N7OS/c1-11-13(24-8-7-15(11)29-10-18(19,20)21)9-30-17-25-12-5-3-4-6-14(12)28(17)16(22)27(2)26-23/h3-8,22-23H,9-10H2,1-2H3. The van der Waals surface area contributed by atoms with Crippen molar-refractivity contribution in [1.82, 2.24) is 19.5 Å². The number of fused-ring (bicyclic) bond motifs is 1. The maximum atomic E-state index is 12.5. The van der Waals surface area contributed by atoms with Gasteiger partial charge in [-0.3, -0.25) is 15.0 Å². The number of rotatable bonds is 6. The Bertz CT molecular complexity index is 1080. The highest BCUT2D eigenvalue weighted by Gasteiger charge is 2.29. The van der Waals surface area contributed by atoms with Gasteiger partial charge in [-0.2, -0.15) is 18.7 Å². The molecule has 30 heavy (non-hydrogen) atoms. The topological polar surface area (TPSA) is 103 Å². The Labute approximate surface area is 174 Å². The van der Waals surface area contributed by atoms with Crippen molar-refractivity contribution in [3.63, 3.8) is 0 Å². The molecule has 2 aromatic heterocycles. The summed E-state index contributed by atoms with van der Waals surface area (Å²) in [7, 11) is 1.48. The van der Waals surface area contributed by atoms with Crippen LogP contribution in [0.25, 0.3) is 11.0 Å². The van der Waals surface area contributed by atoms with Crippen molar-refractivity contribution in [2.24, 2.45) is 5.22 Å². The number of halogens is 3. The molecule has 158 valence electrons. The van der Waals surface area contributed by atoms with E-state index in [1.54, 1.807) is 23.6 Å². The van der Waals surface area contributed by atoms with Gasteiger partial charge in [0.1, 0.15) is 5.75 Å². The molecule has 0 radical (unpaired) electrons. The van der Waals surface area contributed by atoms with Crippen LogP contribution in [0.5, 0.6) is 5.75 Å². The van der Waals surface area contributed by atoms with Crippen LogP contribution in [-0.4, -0.2) is 45.3 Å². The Morgan fingerprint density at radius 2 is 2.03 bits per heavy atom. The van der Waals surface area contributed by atoms with Gasteiger partial charge in [0.2, 0.25) is 5.96 Å². The van der Waals surface area contributed by atoms with Crippen molar-refractivity contribution in [2.45, 2.75) is 24.0 Å². The van der Waals surface area contributed by atoms with Crippen molar-refractivity contribution in [3.05, 3.63) is 47.8 Å². The number of hydrogen-bond acceptors (Lipinski definition) is 7. The number of hydrogen-bond donors (Lipinski definition) is 2. The van der Waals surface area contributed by atoms with Gasteiger partial charge in [-0.1, -0.05) is 29.1 Å². The number of thioether (sulfide) groups is 1. The fourth-order valence-electron chi connectivity index (χ4n) is 2.65. The lowest BCUT2D eigenvalue weighted by Gasteiger charge is -2.16. The minimum Gasteiger partial charge on any atom is -0.484 e. The van der Waals surface area contributed by atoms with E-state index >= 15 is 0 Å². The number of aromatic nitrogens is 3. The van der Waals surface area contributed by atoms with E-state index in [0.29, 0.717) is 33.2 Å². The van der Waals surface area contributed by atoms with Crippen molar-refractivity contribution in [3.8, 4) is 5.75 Å². The smallest absolute Gasteiger partial charge is 0.422 e. The predicted octanol–water partition coefficient (Wildman–Crippen LogP) is 4.63. The zero-order valence-corrected chi connectivity index (χ0v) is 16.9. The summed E-state index contributed by atoms with van der Waals surface area (Å²) < 4.78 is 43.8. The van der Waals surface area contributed by atoms with Gasteiger partial charge < -0.3 is 4.74 Å². The summed E-state index contributed by atoms with van der Waals surface area (Å²) in [5, 5.41) is 13.1. The third-order valence-electron chi connectivity index (χ3n) is 4.19. The molecule has 0 fully saturated rings. The molecule has 3 rings (SSSR count). The molecule has 0 spiro atoms.